The molecule has 0 aromatic heterocycles. The monoisotopic (exact) mass is 446 g/mol. The van der Waals surface area contributed by atoms with Gasteiger partial charge in [-0.3, -0.25) is 0 Å². The van der Waals surface area contributed by atoms with E-state index in [0.29, 0.717) is 19.8 Å². The molecule has 180 valence electrons. The average Bonchev–Trinajstić information content (AvgIpc) is 2.94. The van der Waals surface area contributed by atoms with Gasteiger partial charge in [0.1, 0.15) is 5.54 Å². The number of carbonyl (C=O) groups is 1. The molecule has 2 N–H and O–H groups in total. The van der Waals surface area contributed by atoms with Gasteiger partial charge in [-0.15, -0.1) is 0 Å². The molecule has 0 saturated carbocycles. The Bertz CT molecular complexity index is 739. The van der Waals surface area contributed by atoms with E-state index in [1.165, 1.54) is 61.6 Å². The Morgan fingerprint density at radius 1 is 1.03 bits per heavy atom. The number of ether oxygens (including phenoxy) is 2. The highest BCUT2D eigenvalue weighted by Crippen LogP contribution is 2.26. The molecular formula is C26H42N2O4. The molecule has 1 aromatic rings. The number of nitrogens with zero attached hydrogens (tertiary/aromatic N) is 1. The van der Waals surface area contributed by atoms with E-state index in [2.05, 4.69) is 35.3 Å². The predicted molar refractivity (Wildman–Crippen MR) is 127 cm³/mol. The van der Waals surface area contributed by atoms with Gasteiger partial charge in [0.15, 0.2) is 5.79 Å². The van der Waals surface area contributed by atoms with E-state index in [1.54, 1.807) is 0 Å². The topological polar surface area (TPSA) is 71.0 Å². The Labute approximate surface area is 193 Å². The van der Waals surface area contributed by atoms with Crippen molar-refractivity contribution < 1.29 is 19.4 Å². The van der Waals surface area contributed by atoms with Gasteiger partial charge < -0.3 is 24.8 Å². The zero-order chi connectivity index (χ0) is 23.0. The van der Waals surface area contributed by atoms with Gasteiger partial charge in [-0.25, -0.2) is 4.79 Å². The highest BCUT2D eigenvalue weighted by Gasteiger charge is 2.42. The summed E-state index contributed by atoms with van der Waals surface area (Å²) in [5, 5.41) is 12.1. The quantitative estimate of drug-likeness (QED) is 0.506. The van der Waals surface area contributed by atoms with Crippen molar-refractivity contribution in [1.82, 2.24) is 10.2 Å². The van der Waals surface area contributed by atoms with E-state index >= 15 is 0 Å². The fourth-order valence-electron chi connectivity index (χ4n) is 4.81. The number of carboxylic acid groups (broad SMARTS) is 1. The molecule has 1 saturated heterocycles. The van der Waals surface area contributed by atoms with Gasteiger partial charge in [0.05, 0.1) is 13.2 Å². The second kappa shape index (κ2) is 11.5. The van der Waals surface area contributed by atoms with Crippen LogP contribution in [0.15, 0.2) is 18.2 Å². The molecular weight excluding hydrogens is 404 g/mol. The maximum Gasteiger partial charge on any atom is 0.405 e. The summed E-state index contributed by atoms with van der Waals surface area (Å²) < 4.78 is 11.7. The van der Waals surface area contributed by atoms with Crippen molar-refractivity contribution in [2.24, 2.45) is 0 Å². The Morgan fingerprint density at radius 2 is 1.69 bits per heavy atom. The van der Waals surface area contributed by atoms with Crippen LogP contribution in [0.25, 0.3) is 0 Å². The summed E-state index contributed by atoms with van der Waals surface area (Å²) in [6.07, 6.45) is 10.1. The number of hydrogen-bond acceptors (Lipinski definition) is 4. The first kappa shape index (κ1) is 25.0. The summed E-state index contributed by atoms with van der Waals surface area (Å²) >= 11 is 0. The molecule has 0 aliphatic carbocycles. The molecule has 1 fully saturated rings. The van der Waals surface area contributed by atoms with Crippen molar-refractivity contribution in [3.63, 3.8) is 0 Å². The number of nitrogens with one attached hydrogen (secondary N) is 1. The van der Waals surface area contributed by atoms with Crippen molar-refractivity contribution in [2.45, 2.75) is 89.9 Å². The van der Waals surface area contributed by atoms with Crippen LogP contribution in [0.2, 0.25) is 0 Å². The summed E-state index contributed by atoms with van der Waals surface area (Å²) in [5.41, 5.74) is 3.60. The molecule has 0 radical (unpaired) electrons. The number of unbranched alkanes of at least 4 members (excludes halogenated alkanes) is 5. The largest absolute Gasteiger partial charge is 0.465 e. The second-order valence-electron chi connectivity index (χ2n) is 10.1. The van der Waals surface area contributed by atoms with Crippen LogP contribution in [0.3, 0.4) is 0 Å². The minimum Gasteiger partial charge on any atom is -0.465 e. The standard InChI is InChI=1S/C26H42N2O4/c1-4-5-6-7-8-9-10-21-11-12-22-13-15-28(16-14-23(22)17-21)18-26(27-24(29)30)19-31-25(2,3)32-20-26/h11-12,17,27H,4-10,13-16,18-20H2,1-3H3,(H,29,30). The van der Waals surface area contributed by atoms with Crippen LogP contribution in [0, 0.1) is 0 Å². The van der Waals surface area contributed by atoms with Crippen LogP contribution < -0.4 is 5.32 Å². The molecule has 0 bridgehead atoms. The minimum atomic E-state index is -1.03. The van der Waals surface area contributed by atoms with Crippen LogP contribution in [0.1, 0.15) is 76.0 Å². The van der Waals surface area contributed by atoms with E-state index in [-0.39, 0.29) is 0 Å². The second-order valence-corrected chi connectivity index (χ2v) is 10.1. The van der Waals surface area contributed by atoms with Crippen molar-refractivity contribution in [2.75, 3.05) is 32.8 Å². The van der Waals surface area contributed by atoms with Crippen molar-refractivity contribution in [3.8, 4) is 0 Å². The molecule has 2 aliphatic rings. The highest BCUT2D eigenvalue weighted by molar-refractivity contribution is 5.65. The molecule has 1 amide bonds. The van der Waals surface area contributed by atoms with Crippen LogP contribution >= 0.6 is 0 Å². The SMILES string of the molecule is CCCCCCCCc1ccc2c(c1)CCN(CC1(NC(=O)O)COC(C)(C)OC1)CC2. The fraction of sp³-hybridized carbons (Fsp3) is 0.731. The zero-order valence-corrected chi connectivity index (χ0v) is 20.3. The van der Waals surface area contributed by atoms with Gasteiger partial charge in [-0.2, -0.15) is 0 Å². The van der Waals surface area contributed by atoms with Crippen LogP contribution in [-0.4, -0.2) is 60.3 Å². The van der Waals surface area contributed by atoms with Crippen molar-refractivity contribution in [1.29, 1.82) is 0 Å². The number of rotatable bonds is 10. The Morgan fingerprint density at radius 3 is 2.38 bits per heavy atom. The third kappa shape index (κ3) is 7.46. The van der Waals surface area contributed by atoms with Gasteiger partial charge in [-0.1, -0.05) is 57.2 Å². The molecule has 6 heteroatoms. The number of amides is 1. The predicted octanol–water partition coefficient (Wildman–Crippen LogP) is 4.78. The lowest BCUT2D eigenvalue weighted by atomic mass is 9.97. The van der Waals surface area contributed by atoms with Crippen LogP contribution in [0.5, 0.6) is 0 Å². The van der Waals surface area contributed by atoms with Crippen molar-refractivity contribution in [3.05, 3.63) is 34.9 Å². The van der Waals surface area contributed by atoms with E-state index in [4.69, 9.17) is 9.47 Å². The minimum absolute atomic E-state index is 0.318. The summed E-state index contributed by atoms with van der Waals surface area (Å²) in [4.78, 5) is 13.8. The molecule has 32 heavy (non-hydrogen) atoms. The lowest BCUT2D eigenvalue weighted by Gasteiger charge is -2.45. The number of fused-ring (bicyclic) bond motifs is 1. The van der Waals surface area contributed by atoms with Crippen LogP contribution in [-0.2, 0) is 28.7 Å². The number of aryl methyl sites for hydroxylation is 1. The zero-order valence-electron chi connectivity index (χ0n) is 20.3. The first-order valence-electron chi connectivity index (χ1n) is 12.4. The van der Waals surface area contributed by atoms with Gasteiger partial charge in [0.2, 0.25) is 0 Å². The molecule has 3 rings (SSSR count). The van der Waals surface area contributed by atoms with Gasteiger partial charge in [0.25, 0.3) is 0 Å². The Hall–Kier alpha value is -1.63. The van der Waals surface area contributed by atoms with Gasteiger partial charge in [0, 0.05) is 19.6 Å². The molecule has 6 nitrogen and oxygen atoms in total. The average molecular weight is 447 g/mol. The molecule has 0 atom stereocenters. The molecule has 1 aromatic carbocycles. The third-order valence-electron chi connectivity index (χ3n) is 6.77. The maximum atomic E-state index is 11.5. The normalized spacial score (nSPS) is 20.3. The Balaban J connectivity index is 1.54. The Kier molecular flexibility index (Phi) is 8.97. The lowest BCUT2D eigenvalue weighted by molar-refractivity contribution is -0.271. The van der Waals surface area contributed by atoms with Crippen LogP contribution in [0.4, 0.5) is 4.79 Å². The lowest BCUT2D eigenvalue weighted by Crippen LogP contribution is -2.65. The third-order valence-corrected chi connectivity index (χ3v) is 6.77. The van der Waals surface area contributed by atoms with E-state index in [0.717, 1.165) is 25.9 Å². The van der Waals surface area contributed by atoms with Gasteiger partial charge in [-0.05, 0) is 56.2 Å². The highest BCUT2D eigenvalue weighted by atomic mass is 16.7. The summed E-state index contributed by atoms with van der Waals surface area (Å²) in [7, 11) is 0. The summed E-state index contributed by atoms with van der Waals surface area (Å²) in [6, 6.07) is 7.02. The smallest absolute Gasteiger partial charge is 0.405 e. The maximum absolute atomic E-state index is 11.5. The molecule has 0 spiro atoms. The number of hydrogen-bond donors (Lipinski definition) is 2. The molecule has 0 unspecified atom stereocenters. The first-order chi connectivity index (χ1) is 15.3. The molecule has 2 heterocycles. The number of benzene rings is 1. The summed E-state index contributed by atoms with van der Waals surface area (Å²) in [5.74, 6) is -0.675. The summed E-state index contributed by atoms with van der Waals surface area (Å²) in [6.45, 7) is 9.04. The molecule has 2 aliphatic heterocycles. The first-order valence-corrected chi connectivity index (χ1v) is 12.4. The van der Waals surface area contributed by atoms with Gasteiger partial charge >= 0.3 is 6.09 Å². The fourth-order valence-corrected chi connectivity index (χ4v) is 4.81. The van der Waals surface area contributed by atoms with E-state index in [1.807, 2.05) is 13.8 Å². The van der Waals surface area contributed by atoms with E-state index < -0.39 is 17.4 Å². The van der Waals surface area contributed by atoms with Crippen molar-refractivity contribution >= 4 is 6.09 Å². The van der Waals surface area contributed by atoms with E-state index in [9.17, 15) is 9.90 Å².